The largest absolute Gasteiger partial charge is 0.484 e. The van der Waals surface area contributed by atoms with Crippen LogP contribution in [0.1, 0.15) is 25.7 Å². The Morgan fingerprint density at radius 3 is 2.73 bits per heavy atom. The van der Waals surface area contributed by atoms with Crippen LogP contribution in [0.4, 0.5) is 0 Å². The van der Waals surface area contributed by atoms with Gasteiger partial charge in [0.2, 0.25) is 0 Å². The highest BCUT2D eigenvalue weighted by atomic mass is 16.5. The van der Waals surface area contributed by atoms with Crippen LogP contribution in [-0.2, 0) is 9.53 Å². The van der Waals surface area contributed by atoms with Crippen molar-refractivity contribution in [3.8, 4) is 5.75 Å². The van der Waals surface area contributed by atoms with Crippen LogP contribution in [0.2, 0.25) is 0 Å². The maximum absolute atomic E-state index is 12.2. The number of nitrogens with zero attached hydrogens (tertiary/aromatic N) is 1. The lowest BCUT2D eigenvalue weighted by Crippen LogP contribution is -2.52. The van der Waals surface area contributed by atoms with Crippen molar-refractivity contribution in [2.24, 2.45) is 0 Å². The Hall–Kier alpha value is -1.59. The van der Waals surface area contributed by atoms with Gasteiger partial charge in [-0.15, -0.1) is 0 Å². The number of benzene rings is 1. The predicted octanol–water partition coefficient (Wildman–Crippen LogP) is 1.60. The number of hydrogen-bond acceptors (Lipinski definition) is 4. The van der Waals surface area contributed by atoms with Crippen LogP contribution in [0.25, 0.3) is 0 Å². The number of carbonyl (C=O) groups excluding carboxylic acids is 1. The minimum atomic E-state index is -0.266. The quantitative estimate of drug-likeness (QED) is 0.921. The zero-order valence-corrected chi connectivity index (χ0v) is 12.7. The third-order valence-electron chi connectivity index (χ3n) is 4.60. The summed E-state index contributed by atoms with van der Waals surface area (Å²) in [6.45, 7) is 2.03. The third-order valence-corrected chi connectivity index (χ3v) is 4.60. The van der Waals surface area contributed by atoms with Crippen molar-refractivity contribution in [2.75, 3.05) is 26.3 Å². The molecule has 2 saturated heterocycles. The first kappa shape index (κ1) is 15.3. The zero-order valence-electron chi connectivity index (χ0n) is 12.7. The molecular formula is C17H23NO4. The first-order valence-corrected chi connectivity index (χ1v) is 7.95. The van der Waals surface area contributed by atoms with Gasteiger partial charge in [0.25, 0.3) is 5.91 Å². The Morgan fingerprint density at radius 2 is 2.05 bits per heavy atom. The average molecular weight is 305 g/mol. The molecule has 1 N–H and O–H groups in total. The van der Waals surface area contributed by atoms with E-state index in [1.807, 2.05) is 35.2 Å². The molecule has 1 amide bonds. The summed E-state index contributed by atoms with van der Waals surface area (Å²) in [5, 5.41) is 9.83. The number of carbonyl (C=O) groups is 1. The molecule has 2 aliphatic heterocycles. The second-order valence-electron chi connectivity index (χ2n) is 6.16. The molecule has 0 radical (unpaired) electrons. The monoisotopic (exact) mass is 305 g/mol. The summed E-state index contributed by atoms with van der Waals surface area (Å²) >= 11 is 0. The van der Waals surface area contributed by atoms with Crippen LogP contribution in [0.5, 0.6) is 5.75 Å². The molecule has 0 bridgehead atoms. The summed E-state index contributed by atoms with van der Waals surface area (Å²) in [7, 11) is 0. The van der Waals surface area contributed by atoms with Gasteiger partial charge < -0.3 is 19.5 Å². The molecule has 1 spiro atoms. The highest BCUT2D eigenvalue weighted by Crippen LogP contribution is 2.35. The van der Waals surface area contributed by atoms with E-state index in [9.17, 15) is 9.90 Å². The van der Waals surface area contributed by atoms with Crippen LogP contribution in [0, 0.1) is 0 Å². The Balaban J connectivity index is 1.47. The number of piperidine rings is 1. The maximum atomic E-state index is 12.2. The fourth-order valence-corrected chi connectivity index (χ4v) is 3.27. The highest BCUT2D eigenvalue weighted by molar-refractivity contribution is 5.77. The summed E-state index contributed by atoms with van der Waals surface area (Å²) < 4.78 is 11.4. The van der Waals surface area contributed by atoms with Crippen molar-refractivity contribution < 1.29 is 19.4 Å². The number of likely N-dealkylation sites (tertiary alicyclic amines) is 1. The zero-order chi connectivity index (χ0) is 15.4. The molecular weight excluding hydrogens is 282 g/mol. The van der Waals surface area contributed by atoms with Gasteiger partial charge in [-0.2, -0.15) is 0 Å². The number of hydrogen-bond donors (Lipinski definition) is 1. The Morgan fingerprint density at radius 1 is 1.32 bits per heavy atom. The Kier molecular flexibility index (Phi) is 4.64. The lowest BCUT2D eigenvalue weighted by molar-refractivity contribution is -0.155. The SMILES string of the molecule is O=C(COc1ccccc1)N1CCC2(CC1)CC(O)CCO2. The van der Waals surface area contributed by atoms with Gasteiger partial charge >= 0.3 is 0 Å². The summed E-state index contributed by atoms with van der Waals surface area (Å²) in [6.07, 6.45) is 2.73. The first-order valence-electron chi connectivity index (χ1n) is 7.95. The van der Waals surface area contributed by atoms with Crippen LogP contribution in [0.15, 0.2) is 30.3 Å². The van der Waals surface area contributed by atoms with Gasteiger partial charge in [-0.25, -0.2) is 0 Å². The predicted molar refractivity (Wildman–Crippen MR) is 81.7 cm³/mol. The highest BCUT2D eigenvalue weighted by Gasteiger charge is 2.40. The fraction of sp³-hybridized carbons (Fsp3) is 0.588. The molecule has 2 fully saturated rings. The minimum Gasteiger partial charge on any atom is -0.484 e. The molecule has 3 rings (SSSR count). The number of ether oxygens (including phenoxy) is 2. The summed E-state index contributed by atoms with van der Waals surface area (Å²) in [6, 6.07) is 9.37. The number of rotatable bonds is 3. The maximum Gasteiger partial charge on any atom is 0.260 e. The standard InChI is InChI=1S/C17H23NO4/c19-14-6-11-22-17(12-14)7-9-18(10-8-17)16(20)13-21-15-4-2-1-3-5-15/h1-5,14,19H,6-13H2. The molecule has 0 aliphatic carbocycles. The molecule has 22 heavy (non-hydrogen) atoms. The Bertz CT molecular complexity index is 497. The Labute approximate surface area is 130 Å². The van der Waals surface area contributed by atoms with Crippen LogP contribution in [0.3, 0.4) is 0 Å². The molecule has 1 aromatic rings. The second kappa shape index (κ2) is 6.67. The van der Waals surface area contributed by atoms with Crippen molar-refractivity contribution in [3.63, 3.8) is 0 Å². The van der Waals surface area contributed by atoms with Gasteiger partial charge in [0.1, 0.15) is 5.75 Å². The average Bonchev–Trinajstić information content (AvgIpc) is 2.54. The molecule has 1 unspecified atom stereocenters. The van der Waals surface area contributed by atoms with E-state index in [2.05, 4.69) is 0 Å². The van der Waals surface area contributed by atoms with E-state index < -0.39 is 0 Å². The molecule has 2 aliphatic rings. The van der Waals surface area contributed by atoms with Gasteiger partial charge in [-0.05, 0) is 31.4 Å². The van der Waals surface area contributed by atoms with E-state index in [-0.39, 0.29) is 24.2 Å². The van der Waals surface area contributed by atoms with Gasteiger partial charge in [0, 0.05) is 26.1 Å². The minimum absolute atomic E-state index is 0.00932. The molecule has 2 heterocycles. The van der Waals surface area contributed by atoms with E-state index in [4.69, 9.17) is 9.47 Å². The number of aliphatic hydroxyl groups is 1. The van der Waals surface area contributed by atoms with E-state index in [1.54, 1.807) is 0 Å². The van der Waals surface area contributed by atoms with E-state index >= 15 is 0 Å². The lowest BCUT2D eigenvalue weighted by atomic mass is 9.83. The fourth-order valence-electron chi connectivity index (χ4n) is 3.27. The van der Waals surface area contributed by atoms with E-state index in [0.717, 1.165) is 19.3 Å². The molecule has 0 saturated carbocycles. The summed E-state index contributed by atoms with van der Waals surface area (Å²) in [5.41, 5.74) is -0.227. The molecule has 120 valence electrons. The summed E-state index contributed by atoms with van der Waals surface area (Å²) in [4.78, 5) is 14.0. The van der Waals surface area contributed by atoms with Gasteiger partial charge in [-0.1, -0.05) is 18.2 Å². The first-order chi connectivity index (χ1) is 10.7. The molecule has 1 atom stereocenters. The van der Waals surface area contributed by atoms with Crippen LogP contribution in [-0.4, -0.2) is 53.9 Å². The number of para-hydroxylation sites is 1. The topological polar surface area (TPSA) is 59.0 Å². The van der Waals surface area contributed by atoms with E-state index in [0.29, 0.717) is 31.9 Å². The van der Waals surface area contributed by atoms with Crippen LogP contribution < -0.4 is 4.74 Å². The number of amides is 1. The van der Waals surface area contributed by atoms with Gasteiger partial charge in [0.05, 0.1) is 11.7 Å². The second-order valence-corrected chi connectivity index (χ2v) is 6.16. The van der Waals surface area contributed by atoms with Crippen molar-refractivity contribution in [1.29, 1.82) is 0 Å². The van der Waals surface area contributed by atoms with Gasteiger partial charge in [0.15, 0.2) is 6.61 Å². The third kappa shape index (κ3) is 3.59. The number of aliphatic hydroxyl groups excluding tert-OH is 1. The summed E-state index contributed by atoms with van der Waals surface area (Å²) in [5.74, 6) is 0.720. The molecule has 0 aromatic heterocycles. The molecule has 5 heteroatoms. The van der Waals surface area contributed by atoms with Crippen molar-refractivity contribution in [1.82, 2.24) is 4.90 Å². The normalized spacial score (nSPS) is 24.2. The smallest absolute Gasteiger partial charge is 0.260 e. The molecule has 1 aromatic carbocycles. The van der Waals surface area contributed by atoms with Gasteiger partial charge in [-0.3, -0.25) is 4.79 Å². The molecule has 5 nitrogen and oxygen atoms in total. The van der Waals surface area contributed by atoms with Crippen molar-refractivity contribution in [3.05, 3.63) is 30.3 Å². The van der Waals surface area contributed by atoms with Crippen molar-refractivity contribution in [2.45, 2.75) is 37.4 Å². The van der Waals surface area contributed by atoms with Crippen LogP contribution >= 0.6 is 0 Å². The lowest BCUT2D eigenvalue weighted by Gasteiger charge is -2.45. The van der Waals surface area contributed by atoms with Crippen molar-refractivity contribution >= 4 is 5.91 Å². The van der Waals surface area contributed by atoms with E-state index in [1.165, 1.54) is 0 Å².